The maximum Gasteiger partial charge on any atom is 0.471 e. The van der Waals surface area contributed by atoms with E-state index in [1.165, 1.54) is 5.32 Å². The molecule has 0 bridgehead atoms. The second-order valence-corrected chi connectivity index (χ2v) is 3.87. The van der Waals surface area contributed by atoms with Crippen molar-refractivity contribution in [3.05, 3.63) is 23.8 Å². The Morgan fingerprint density at radius 2 is 1.73 bits per heavy atom. The Labute approximate surface area is 118 Å². The van der Waals surface area contributed by atoms with Gasteiger partial charge in [0.2, 0.25) is 0 Å². The molecule has 0 aliphatic rings. The molecule has 11 heteroatoms. The van der Waals surface area contributed by atoms with Crippen LogP contribution in [0.5, 0.6) is 5.75 Å². The van der Waals surface area contributed by atoms with Crippen LogP contribution in [-0.4, -0.2) is 35.9 Å². The molecule has 0 saturated carbocycles. The molecule has 0 atom stereocenters. The van der Waals surface area contributed by atoms with Gasteiger partial charge in [0.1, 0.15) is 5.75 Å². The Hall–Kier alpha value is -2.46. The summed E-state index contributed by atoms with van der Waals surface area (Å²) in [5.41, 5.74) is -1.27. The standard InChI is InChI=1S/C11H7F6NO4/c12-10(13,14)4-22-7-3-5(8(19)20)1-2-6(7)18-9(21)11(15,16)17/h1-3H,4H2,(H,18,21)(H,19,20). The number of nitrogens with one attached hydrogen (secondary N) is 1. The maximum absolute atomic E-state index is 12.1. The van der Waals surface area contributed by atoms with E-state index < -0.39 is 47.8 Å². The lowest BCUT2D eigenvalue weighted by atomic mass is 10.2. The second kappa shape index (κ2) is 6.12. The number of anilines is 1. The van der Waals surface area contributed by atoms with Crippen molar-refractivity contribution in [2.75, 3.05) is 11.9 Å². The minimum absolute atomic E-state index is 0.526. The second-order valence-electron chi connectivity index (χ2n) is 3.87. The summed E-state index contributed by atoms with van der Waals surface area (Å²) in [6.45, 7) is -1.87. The Bertz CT molecular complexity index is 581. The molecule has 0 heterocycles. The van der Waals surface area contributed by atoms with Gasteiger partial charge in [0.25, 0.3) is 0 Å². The van der Waals surface area contributed by atoms with Crippen LogP contribution in [0.1, 0.15) is 10.4 Å². The zero-order valence-corrected chi connectivity index (χ0v) is 10.4. The number of carbonyl (C=O) groups excluding carboxylic acids is 1. The Kier molecular flexibility index (Phi) is 4.89. The van der Waals surface area contributed by atoms with Gasteiger partial charge in [-0.2, -0.15) is 26.3 Å². The molecule has 1 rings (SSSR count). The lowest BCUT2D eigenvalue weighted by Gasteiger charge is -2.15. The summed E-state index contributed by atoms with van der Waals surface area (Å²) in [4.78, 5) is 21.5. The van der Waals surface area contributed by atoms with Gasteiger partial charge < -0.3 is 15.2 Å². The zero-order chi connectivity index (χ0) is 17.1. The number of carboxylic acid groups (broad SMARTS) is 1. The third kappa shape index (κ3) is 5.14. The first-order valence-corrected chi connectivity index (χ1v) is 5.35. The predicted molar refractivity (Wildman–Crippen MR) is 59.6 cm³/mol. The predicted octanol–water partition coefficient (Wildman–Crippen LogP) is 2.83. The van der Waals surface area contributed by atoms with Gasteiger partial charge in [-0.15, -0.1) is 0 Å². The van der Waals surface area contributed by atoms with E-state index in [1.54, 1.807) is 0 Å². The molecule has 1 amide bonds. The van der Waals surface area contributed by atoms with Gasteiger partial charge in [-0.05, 0) is 18.2 Å². The summed E-state index contributed by atoms with van der Waals surface area (Å²) in [6.07, 6.45) is -10.1. The van der Waals surface area contributed by atoms with E-state index >= 15 is 0 Å². The number of hydrogen-bond acceptors (Lipinski definition) is 3. The SMILES string of the molecule is O=C(O)c1ccc(NC(=O)C(F)(F)F)c(OCC(F)(F)F)c1. The van der Waals surface area contributed by atoms with Gasteiger partial charge in [0.05, 0.1) is 11.3 Å². The molecule has 0 aliphatic heterocycles. The number of hydrogen-bond donors (Lipinski definition) is 2. The van der Waals surface area contributed by atoms with Crippen LogP contribution in [-0.2, 0) is 4.79 Å². The van der Waals surface area contributed by atoms with E-state index in [-0.39, 0.29) is 0 Å². The van der Waals surface area contributed by atoms with Crippen LogP contribution in [0, 0.1) is 0 Å². The topological polar surface area (TPSA) is 75.6 Å². The summed E-state index contributed by atoms with van der Waals surface area (Å²) in [5, 5.41) is 10.00. The zero-order valence-electron chi connectivity index (χ0n) is 10.4. The van der Waals surface area contributed by atoms with E-state index in [1.807, 2.05) is 0 Å². The van der Waals surface area contributed by atoms with E-state index in [0.29, 0.717) is 12.1 Å². The Morgan fingerprint density at radius 1 is 1.14 bits per heavy atom. The normalized spacial score (nSPS) is 11.9. The van der Waals surface area contributed by atoms with Crippen molar-refractivity contribution in [2.24, 2.45) is 0 Å². The van der Waals surface area contributed by atoms with Gasteiger partial charge in [0, 0.05) is 0 Å². The molecule has 0 spiro atoms. The molecule has 0 unspecified atom stereocenters. The number of benzene rings is 1. The average molecular weight is 331 g/mol. The number of alkyl halides is 6. The van der Waals surface area contributed by atoms with E-state index in [2.05, 4.69) is 4.74 Å². The summed E-state index contributed by atoms with van der Waals surface area (Å²) < 4.78 is 76.8. The number of carbonyl (C=O) groups is 2. The van der Waals surface area contributed by atoms with Crippen LogP contribution < -0.4 is 10.1 Å². The van der Waals surface area contributed by atoms with Gasteiger partial charge >= 0.3 is 24.2 Å². The van der Waals surface area contributed by atoms with Gasteiger partial charge in [0.15, 0.2) is 6.61 Å². The smallest absolute Gasteiger partial charge is 0.471 e. The molecule has 1 aromatic rings. The highest BCUT2D eigenvalue weighted by Crippen LogP contribution is 2.29. The van der Waals surface area contributed by atoms with Crippen molar-refractivity contribution < 1.29 is 45.8 Å². The molecule has 0 saturated heterocycles. The van der Waals surface area contributed by atoms with Crippen LogP contribution in [0.2, 0.25) is 0 Å². The fourth-order valence-corrected chi connectivity index (χ4v) is 1.23. The van der Waals surface area contributed by atoms with Crippen LogP contribution in [0.15, 0.2) is 18.2 Å². The number of carboxylic acids is 1. The molecular weight excluding hydrogens is 324 g/mol. The maximum atomic E-state index is 12.1. The van der Waals surface area contributed by atoms with Gasteiger partial charge in [-0.1, -0.05) is 0 Å². The first-order valence-electron chi connectivity index (χ1n) is 5.35. The monoisotopic (exact) mass is 331 g/mol. The largest absolute Gasteiger partial charge is 0.482 e. The minimum Gasteiger partial charge on any atom is -0.482 e. The third-order valence-corrected chi connectivity index (χ3v) is 2.13. The molecule has 22 heavy (non-hydrogen) atoms. The molecule has 122 valence electrons. The number of halogens is 6. The Morgan fingerprint density at radius 3 is 2.18 bits per heavy atom. The molecule has 5 nitrogen and oxygen atoms in total. The van der Waals surface area contributed by atoms with Gasteiger partial charge in [-0.3, -0.25) is 4.79 Å². The lowest BCUT2D eigenvalue weighted by Crippen LogP contribution is -2.30. The lowest BCUT2D eigenvalue weighted by molar-refractivity contribution is -0.167. The fraction of sp³-hybridized carbons (Fsp3) is 0.273. The quantitative estimate of drug-likeness (QED) is 0.832. The molecule has 2 N–H and O–H groups in total. The van der Waals surface area contributed by atoms with E-state index in [0.717, 1.165) is 6.07 Å². The summed E-state index contributed by atoms with van der Waals surface area (Å²) in [5.74, 6) is -4.83. The molecule has 0 aliphatic carbocycles. The van der Waals surface area contributed by atoms with E-state index in [4.69, 9.17) is 5.11 Å². The molecule has 0 aromatic heterocycles. The highest BCUT2D eigenvalue weighted by Gasteiger charge is 2.39. The first-order chi connectivity index (χ1) is 9.90. The average Bonchev–Trinajstić information content (AvgIpc) is 2.35. The number of aromatic carboxylic acids is 1. The van der Waals surface area contributed by atoms with Crippen molar-refractivity contribution in [3.63, 3.8) is 0 Å². The van der Waals surface area contributed by atoms with Crippen LogP contribution in [0.25, 0.3) is 0 Å². The van der Waals surface area contributed by atoms with E-state index in [9.17, 15) is 35.9 Å². The third-order valence-electron chi connectivity index (χ3n) is 2.13. The van der Waals surface area contributed by atoms with Gasteiger partial charge in [-0.25, -0.2) is 4.79 Å². The minimum atomic E-state index is -5.27. The summed E-state index contributed by atoms with van der Waals surface area (Å²) in [7, 11) is 0. The highest BCUT2D eigenvalue weighted by atomic mass is 19.4. The van der Waals surface area contributed by atoms with Crippen LogP contribution in [0.4, 0.5) is 32.0 Å². The van der Waals surface area contributed by atoms with Crippen molar-refractivity contribution in [1.29, 1.82) is 0 Å². The Balaban J connectivity index is 3.09. The number of ether oxygens (including phenoxy) is 1. The summed E-state index contributed by atoms with van der Waals surface area (Å²) >= 11 is 0. The number of amides is 1. The summed E-state index contributed by atoms with van der Waals surface area (Å²) in [6, 6.07) is 2.06. The fourth-order valence-electron chi connectivity index (χ4n) is 1.23. The molecule has 0 fully saturated rings. The van der Waals surface area contributed by atoms with Crippen molar-refractivity contribution in [1.82, 2.24) is 0 Å². The number of rotatable bonds is 4. The molecule has 1 aromatic carbocycles. The van der Waals surface area contributed by atoms with Crippen LogP contribution >= 0.6 is 0 Å². The van der Waals surface area contributed by atoms with Crippen molar-refractivity contribution >= 4 is 17.6 Å². The van der Waals surface area contributed by atoms with Crippen LogP contribution in [0.3, 0.4) is 0 Å². The van der Waals surface area contributed by atoms with Crippen molar-refractivity contribution in [2.45, 2.75) is 12.4 Å². The van der Waals surface area contributed by atoms with Crippen molar-refractivity contribution in [3.8, 4) is 5.75 Å². The molecule has 0 radical (unpaired) electrons. The highest BCUT2D eigenvalue weighted by molar-refractivity contribution is 5.97. The first kappa shape index (κ1) is 17.6. The molecular formula is C11H7F6NO4.